The highest BCUT2D eigenvalue weighted by molar-refractivity contribution is 5.89. The van der Waals surface area contributed by atoms with Crippen molar-refractivity contribution < 1.29 is 14.6 Å². The van der Waals surface area contributed by atoms with Gasteiger partial charge in [-0.05, 0) is 37.8 Å². The molecule has 0 saturated carbocycles. The number of nitrogens with two attached hydrogens (primary N) is 1. The summed E-state index contributed by atoms with van der Waals surface area (Å²) in [5.41, 5.74) is 10.0. The molecule has 0 spiro atoms. The maximum atomic E-state index is 12.1. The second-order valence-electron chi connectivity index (χ2n) is 8.02. The van der Waals surface area contributed by atoms with E-state index in [9.17, 15) is 9.90 Å². The summed E-state index contributed by atoms with van der Waals surface area (Å²) in [5, 5.41) is 9.93. The number of rotatable bonds is 5. The smallest absolute Gasteiger partial charge is 0.339 e. The van der Waals surface area contributed by atoms with Crippen LogP contribution in [0, 0.1) is 5.92 Å². The van der Waals surface area contributed by atoms with Gasteiger partial charge in [0.2, 0.25) is 0 Å². The molecule has 3 N–H and O–H groups in total. The average molecular weight is 358 g/mol. The molecule has 1 aromatic rings. The highest BCUT2D eigenvalue weighted by atomic mass is 16.5. The van der Waals surface area contributed by atoms with Crippen molar-refractivity contribution in [1.29, 1.82) is 0 Å². The minimum absolute atomic E-state index is 0.165. The molecule has 0 aromatic heterocycles. The molecule has 1 aliphatic rings. The first-order chi connectivity index (χ1) is 12.0. The molecule has 5 nitrogen and oxygen atoms in total. The van der Waals surface area contributed by atoms with Crippen LogP contribution in [0.2, 0.25) is 0 Å². The van der Waals surface area contributed by atoms with Gasteiger partial charge in [-0.15, -0.1) is 0 Å². The molecule has 0 fully saturated rings. The third kappa shape index (κ3) is 4.28. The Hall–Kier alpha value is -2.27. The first-order valence-corrected chi connectivity index (χ1v) is 8.93. The van der Waals surface area contributed by atoms with Crippen molar-refractivity contribution in [2.24, 2.45) is 11.7 Å². The van der Waals surface area contributed by atoms with Gasteiger partial charge in [-0.2, -0.15) is 0 Å². The number of likely N-dealkylation sites (N-methyl/N-ethyl adjacent to an activating group) is 1. The number of carbonyl (C=O) groups is 1. The molecular weight excluding hydrogens is 328 g/mol. The van der Waals surface area contributed by atoms with E-state index in [2.05, 4.69) is 13.8 Å². The fourth-order valence-electron chi connectivity index (χ4n) is 3.39. The fourth-order valence-corrected chi connectivity index (χ4v) is 3.39. The lowest BCUT2D eigenvalue weighted by atomic mass is 9.83. The molecule has 1 aromatic carbocycles. The summed E-state index contributed by atoms with van der Waals surface area (Å²) < 4.78 is 5.96. The summed E-state index contributed by atoms with van der Waals surface area (Å²) in [7, 11) is 1.87. The van der Waals surface area contributed by atoms with E-state index in [1.807, 2.05) is 63.1 Å². The zero-order chi connectivity index (χ0) is 19.6. The Kier molecular flexibility index (Phi) is 5.81. The van der Waals surface area contributed by atoms with Gasteiger partial charge in [-0.3, -0.25) is 0 Å². The molecule has 5 heteroatoms. The highest BCUT2D eigenvalue weighted by Crippen LogP contribution is 2.39. The topological polar surface area (TPSA) is 75.8 Å². The normalized spacial score (nSPS) is 17.1. The second-order valence-corrected chi connectivity index (χ2v) is 8.02. The van der Waals surface area contributed by atoms with Crippen LogP contribution in [0.1, 0.15) is 40.2 Å². The minimum atomic E-state index is -1.07. The molecule has 142 valence electrons. The van der Waals surface area contributed by atoms with Crippen molar-refractivity contribution in [2.45, 2.75) is 46.3 Å². The zero-order valence-electron chi connectivity index (χ0n) is 16.5. The molecule has 0 saturated heterocycles. The lowest BCUT2D eigenvalue weighted by molar-refractivity contribution is -0.157. The Morgan fingerprint density at radius 1 is 1.23 bits per heavy atom. The van der Waals surface area contributed by atoms with Crippen LogP contribution in [0.5, 0.6) is 0 Å². The van der Waals surface area contributed by atoms with Crippen LogP contribution >= 0.6 is 0 Å². The maximum Gasteiger partial charge on any atom is 0.339 e. The van der Waals surface area contributed by atoms with E-state index in [4.69, 9.17) is 10.5 Å². The van der Waals surface area contributed by atoms with Crippen molar-refractivity contribution in [3.05, 3.63) is 52.9 Å². The maximum absolute atomic E-state index is 12.1. The van der Waals surface area contributed by atoms with E-state index >= 15 is 0 Å². The lowest BCUT2D eigenvalue weighted by Gasteiger charge is -2.38. The minimum Gasteiger partial charge on any atom is -0.479 e. The van der Waals surface area contributed by atoms with Gasteiger partial charge < -0.3 is 20.5 Å². The van der Waals surface area contributed by atoms with E-state index in [0.29, 0.717) is 12.2 Å². The Balaban J connectivity index is 2.78. The molecule has 0 aliphatic carbocycles. The van der Waals surface area contributed by atoms with Crippen LogP contribution in [0.15, 0.2) is 47.3 Å². The second kappa shape index (κ2) is 7.54. The van der Waals surface area contributed by atoms with E-state index in [1.165, 1.54) is 0 Å². The Labute approximate surface area is 156 Å². The van der Waals surface area contributed by atoms with Crippen molar-refractivity contribution in [3.63, 3.8) is 0 Å². The molecule has 2 rings (SSSR count). The largest absolute Gasteiger partial charge is 0.479 e. The number of hydrogen-bond donors (Lipinski definition) is 2. The van der Waals surface area contributed by atoms with Gasteiger partial charge in [0.1, 0.15) is 0 Å². The summed E-state index contributed by atoms with van der Waals surface area (Å²) in [6, 6.07) is 9.81. The van der Waals surface area contributed by atoms with Gasteiger partial charge in [-0.1, -0.05) is 44.2 Å². The number of carboxylic acids is 1. The molecule has 0 amide bonds. The van der Waals surface area contributed by atoms with E-state index in [1.54, 1.807) is 0 Å². The summed E-state index contributed by atoms with van der Waals surface area (Å²) in [4.78, 5) is 14.0. The summed E-state index contributed by atoms with van der Waals surface area (Å²) in [6.45, 7) is 10.2. The van der Waals surface area contributed by atoms with Crippen molar-refractivity contribution in [2.75, 3.05) is 13.6 Å². The number of aliphatic carboxylic acids is 1. The van der Waals surface area contributed by atoms with Gasteiger partial charge >= 0.3 is 5.97 Å². The van der Waals surface area contributed by atoms with Crippen molar-refractivity contribution >= 4 is 11.5 Å². The van der Waals surface area contributed by atoms with E-state index in [0.717, 1.165) is 22.4 Å². The Morgan fingerprint density at radius 3 is 2.27 bits per heavy atom. The van der Waals surface area contributed by atoms with Crippen LogP contribution < -0.4 is 5.73 Å². The monoisotopic (exact) mass is 358 g/mol. The molecule has 26 heavy (non-hydrogen) atoms. The van der Waals surface area contributed by atoms with E-state index in [-0.39, 0.29) is 5.92 Å². The molecule has 0 bridgehead atoms. The van der Waals surface area contributed by atoms with Gasteiger partial charge in [0.05, 0.1) is 17.8 Å². The molecule has 1 heterocycles. The van der Waals surface area contributed by atoms with Crippen LogP contribution in [-0.2, 0) is 9.53 Å². The fraction of sp³-hybridized carbons (Fsp3) is 0.476. The quantitative estimate of drug-likeness (QED) is 0.843. The standard InChI is InChI=1S/C21H30N2O3/c1-13(2)16-15(22)12-23(6)18(17(16)14-10-8-7-9-11-14)19(20(24)25)26-21(3,4)5/h7-11,13,19H,12,22H2,1-6H3,(H,24,25). The molecular formula is C21H30N2O3. The third-order valence-electron chi connectivity index (χ3n) is 4.27. The molecule has 1 aliphatic heterocycles. The first kappa shape index (κ1) is 20.0. The first-order valence-electron chi connectivity index (χ1n) is 8.93. The SMILES string of the molecule is CC(C)C1=C(N)CN(C)C(C(OC(C)(C)C)C(=O)O)=C1c1ccccc1. The third-order valence-corrected chi connectivity index (χ3v) is 4.27. The number of nitrogens with zero attached hydrogens (tertiary/aromatic N) is 1. The zero-order valence-corrected chi connectivity index (χ0v) is 16.5. The number of hydrogen-bond acceptors (Lipinski definition) is 4. The Bertz CT molecular complexity index is 727. The number of allylic oxidation sites excluding steroid dienone is 2. The highest BCUT2D eigenvalue weighted by Gasteiger charge is 2.37. The van der Waals surface area contributed by atoms with Gasteiger partial charge in [0.15, 0.2) is 6.10 Å². The van der Waals surface area contributed by atoms with E-state index < -0.39 is 17.7 Å². The van der Waals surface area contributed by atoms with Crippen molar-refractivity contribution in [1.82, 2.24) is 4.90 Å². The Morgan fingerprint density at radius 2 is 1.81 bits per heavy atom. The molecule has 1 atom stereocenters. The number of carboxylic acid groups (broad SMARTS) is 1. The van der Waals surface area contributed by atoms with Gasteiger partial charge in [0.25, 0.3) is 0 Å². The molecule has 1 unspecified atom stereocenters. The molecule has 0 radical (unpaired) electrons. The van der Waals surface area contributed by atoms with Crippen LogP contribution in [-0.4, -0.2) is 41.3 Å². The van der Waals surface area contributed by atoms with Gasteiger partial charge in [-0.25, -0.2) is 4.79 Å². The summed E-state index contributed by atoms with van der Waals surface area (Å²) in [6.07, 6.45) is -1.07. The van der Waals surface area contributed by atoms with Crippen LogP contribution in [0.3, 0.4) is 0 Å². The van der Waals surface area contributed by atoms with Gasteiger partial charge in [0, 0.05) is 18.3 Å². The summed E-state index contributed by atoms with van der Waals surface area (Å²) in [5.74, 6) is -0.836. The van der Waals surface area contributed by atoms with Crippen molar-refractivity contribution in [3.8, 4) is 0 Å². The van der Waals surface area contributed by atoms with Crippen LogP contribution in [0.4, 0.5) is 0 Å². The predicted octanol–water partition coefficient (Wildman–Crippen LogP) is 3.48. The average Bonchev–Trinajstić information content (AvgIpc) is 2.51. The lowest BCUT2D eigenvalue weighted by Crippen LogP contribution is -2.43. The summed E-state index contributed by atoms with van der Waals surface area (Å²) >= 11 is 0. The number of ether oxygens (including phenoxy) is 1. The van der Waals surface area contributed by atoms with Crippen LogP contribution in [0.25, 0.3) is 5.57 Å². The number of benzene rings is 1. The predicted molar refractivity (Wildman–Crippen MR) is 104 cm³/mol.